The van der Waals surface area contributed by atoms with Crippen molar-refractivity contribution in [2.75, 3.05) is 33.3 Å². The first-order chi connectivity index (χ1) is 20.9. The lowest BCUT2D eigenvalue weighted by molar-refractivity contribution is 0.0287. The Bertz CT molecular complexity index is 1420. The lowest BCUT2D eigenvalue weighted by Crippen LogP contribution is -2.35. The van der Waals surface area contributed by atoms with Gasteiger partial charge >= 0.3 is 12.2 Å². The van der Waals surface area contributed by atoms with Crippen molar-refractivity contribution in [2.45, 2.75) is 78.2 Å². The molecule has 0 radical (unpaired) electrons. The summed E-state index contributed by atoms with van der Waals surface area (Å²) in [5.41, 5.74) is 7.78. The highest BCUT2D eigenvalue weighted by Gasteiger charge is 2.32. The van der Waals surface area contributed by atoms with Gasteiger partial charge in [0.05, 0.1) is 13.1 Å². The van der Waals surface area contributed by atoms with E-state index in [0.717, 1.165) is 39.7 Å². The third-order valence-corrected chi connectivity index (χ3v) is 7.59. The number of benzene rings is 2. The molecule has 2 aromatic carbocycles. The minimum absolute atomic E-state index is 0.203. The van der Waals surface area contributed by atoms with Crippen molar-refractivity contribution in [3.05, 3.63) is 75.9 Å². The Morgan fingerprint density at radius 2 is 1.39 bits per heavy atom. The summed E-state index contributed by atoms with van der Waals surface area (Å²) in [6, 6.07) is 12.7. The lowest BCUT2D eigenvalue weighted by atomic mass is 9.92. The van der Waals surface area contributed by atoms with Gasteiger partial charge in [-0.25, -0.2) is 9.59 Å². The molecule has 1 atom stereocenters. The molecule has 0 bridgehead atoms. The Kier molecular flexibility index (Phi) is 10.3. The van der Waals surface area contributed by atoms with Crippen molar-refractivity contribution in [2.24, 2.45) is 9.98 Å². The summed E-state index contributed by atoms with van der Waals surface area (Å²) >= 11 is 0. The zero-order valence-electron chi connectivity index (χ0n) is 27.1. The van der Waals surface area contributed by atoms with Crippen LogP contribution in [0.1, 0.15) is 87.3 Å². The van der Waals surface area contributed by atoms with Gasteiger partial charge in [-0.15, -0.1) is 0 Å². The first-order valence-corrected chi connectivity index (χ1v) is 15.2. The van der Waals surface area contributed by atoms with E-state index in [1.54, 1.807) is 4.90 Å². The summed E-state index contributed by atoms with van der Waals surface area (Å²) in [6.45, 7) is 15.6. The average molecular weight is 603 g/mol. The Morgan fingerprint density at radius 3 is 2.02 bits per heavy atom. The number of fused-ring (bicyclic) bond motifs is 2. The van der Waals surface area contributed by atoms with Gasteiger partial charge in [-0.05, 0) is 75.8 Å². The van der Waals surface area contributed by atoms with Gasteiger partial charge in [0.15, 0.2) is 0 Å². The zero-order chi connectivity index (χ0) is 32.1. The molecule has 0 aliphatic carbocycles. The maximum atomic E-state index is 12.1. The molecular formula is C35H46N4O5. The van der Waals surface area contributed by atoms with E-state index in [9.17, 15) is 9.59 Å². The highest BCUT2D eigenvalue weighted by Crippen LogP contribution is 2.33. The third kappa shape index (κ3) is 8.14. The van der Waals surface area contributed by atoms with Gasteiger partial charge < -0.3 is 24.4 Å². The van der Waals surface area contributed by atoms with Crippen molar-refractivity contribution in [3.8, 4) is 0 Å². The van der Waals surface area contributed by atoms with Crippen LogP contribution in [0.5, 0.6) is 0 Å². The number of ether oxygens (including phenoxy) is 2. The van der Waals surface area contributed by atoms with Crippen molar-refractivity contribution in [1.29, 1.82) is 0 Å². The fraction of sp³-hybridized carbons (Fsp3) is 0.486. The molecule has 1 unspecified atom stereocenters. The first-order valence-electron chi connectivity index (χ1n) is 15.2. The van der Waals surface area contributed by atoms with Gasteiger partial charge in [0.1, 0.15) is 11.2 Å². The standard InChI is InChI=1S/C17H22N2O2.C17H20N2O2.CH4O/c2*1-17(2,3)21-16(20)19-8-7-13(11-19)14-6-4-5-12-9-18-10-15(12)14;1-2/h4-6,10,13H,7-9,11H2,1-3H3;4-7,10H,8-9,11H2,1-3H3;2H,1H3. The molecule has 0 aromatic heterocycles. The van der Waals surface area contributed by atoms with Gasteiger partial charge in [0.25, 0.3) is 0 Å². The third-order valence-electron chi connectivity index (χ3n) is 7.59. The SMILES string of the molecule is CC(C)(C)OC(=O)N1CC=C(c2cccc3c2C=NC3)C1.CC(C)(C)OC(=O)N1CCC(c2cccc3c2C=NC3)C1.CO. The van der Waals surface area contributed by atoms with Crippen molar-refractivity contribution >= 4 is 30.2 Å². The van der Waals surface area contributed by atoms with Crippen LogP contribution in [-0.2, 0) is 22.6 Å². The largest absolute Gasteiger partial charge is 0.444 e. The number of carbonyl (C=O) groups is 2. The average Bonchev–Trinajstić information content (AvgIpc) is 3.78. The summed E-state index contributed by atoms with van der Waals surface area (Å²) in [4.78, 5) is 36.5. The highest BCUT2D eigenvalue weighted by molar-refractivity contribution is 5.93. The van der Waals surface area contributed by atoms with E-state index in [2.05, 4.69) is 52.5 Å². The second kappa shape index (κ2) is 13.8. The molecule has 1 saturated heterocycles. The van der Waals surface area contributed by atoms with E-state index in [1.165, 1.54) is 39.0 Å². The van der Waals surface area contributed by atoms with Gasteiger partial charge in [0.2, 0.25) is 0 Å². The zero-order valence-corrected chi connectivity index (χ0v) is 27.1. The number of rotatable bonds is 2. The molecule has 44 heavy (non-hydrogen) atoms. The second-order valence-corrected chi connectivity index (χ2v) is 13.2. The van der Waals surface area contributed by atoms with Crippen LogP contribution in [0.15, 0.2) is 52.5 Å². The second-order valence-electron chi connectivity index (χ2n) is 13.2. The molecule has 236 valence electrons. The molecule has 6 rings (SSSR count). The normalized spacial score (nSPS) is 18.1. The Hall–Kier alpha value is -3.98. The molecule has 4 aliphatic heterocycles. The van der Waals surface area contributed by atoms with Gasteiger partial charge in [-0.3, -0.25) is 9.98 Å². The van der Waals surface area contributed by atoms with Crippen LogP contribution in [0, 0.1) is 0 Å². The van der Waals surface area contributed by atoms with Crippen LogP contribution in [0.25, 0.3) is 5.57 Å². The van der Waals surface area contributed by atoms with E-state index >= 15 is 0 Å². The Balaban J connectivity index is 0.000000190. The highest BCUT2D eigenvalue weighted by atomic mass is 16.6. The maximum Gasteiger partial charge on any atom is 0.410 e. The van der Waals surface area contributed by atoms with Crippen LogP contribution in [-0.4, -0.2) is 84.0 Å². The number of aliphatic imine (C=N–C) groups is 2. The molecule has 1 fully saturated rings. The first kappa shape index (κ1) is 32.9. The lowest BCUT2D eigenvalue weighted by Gasteiger charge is -2.24. The summed E-state index contributed by atoms with van der Waals surface area (Å²) in [7, 11) is 1.00. The quantitative estimate of drug-likeness (QED) is 0.441. The van der Waals surface area contributed by atoms with Crippen molar-refractivity contribution < 1.29 is 24.2 Å². The van der Waals surface area contributed by atoms with Gasteiger partial charge in [0, 0.05) is 62.8 Å². The molecule has 0 spiro atoms. The summed E-state index contributed by atoms with van der Waals surface area (Å²) < 4.78 is 10.9. The molecule has 1 N–H and O–H groups in total. The number of nitrogens with zero attached hydrogens (tertiary/aromatic N) is 4. The molecule has 0 saturated carbocycles. The molecule has 4 aliphatic rings. The number of hydrogen-bond acceptors (Lipinski definition) is 7. The Morgan fingerprint density at radius 1 is 0.818 bits per heavy atom. The fourth-order valence-electron chi connectivity index (χ4n) is 5.66. The smallest absolute Gasteiger partial charge is 0.410 e. The number of hydrogen-bond donors (Lipinski definition) is 1. The molecule has 2 amide bonds. The topological polar surface area (TPSA) is 104 Å². The predicted molar refractivity (Wildman–Crippen MR) is 175 cm³/mol. The number of aliphatic hydroxyl groups excluding tert-OH is 1. The molecule has 9 nitrogen and oxygen atoms in total. The molecular weight excluding hydrogens is 556 g/mol. The van der Waals surface area contributed by atoms with E-state index < -0.39 is 11.2 Å². The fourth-order valence-corrected chi connectivity index (χ4v) is 5.66. The van der Waals surface area contributed by atoms with Crippen molar-refractivity contribution in [1.82, 2.24) is 9.80 Å². The van der Waals surface area contributed by atoms with Crippen LogP contribution in [0.2, 0.25) is 0 Å². The monoisotopic (exact) mass is 602 g/mol. The summed E-state index contributed by atoms with van der Waals surface area (Å²) in [5, 5.41) is 7.00. The number of carbonyl (C=O) groups excluding carboxylic acids is 2. The van der Waals surface area contributed by atoms with Crippen LogP contribution in [0.4, 0.5) is 9.59 Å². The molecule has 2 aromatic rings. The summed E-state index contributed by atoms with van der Waals surface area (Å²) in [6.07, 6.45) is 6.54. The van der Waals surface area contributed by atoms with Crippen LogP contribution in [0.3, 0.4) is 0 Å². The number of likely N-dealkylation sites (tertiary alicyclic amines) is 1. The molecule has 4 heterocycles. The van der Waals surface area contributed by atoms with Gasteiger partial charge in [-0.1, -0.05) is 42.5 Å². The van der Waals surface area contributed by atoms with Crippen LogP contribution < -0.4 is 0 Å². The molecule has 9 heteroatoms. The van der Waals surface area contributed by atoms with E-state index in [0.29, 0.717) is 19.0 Å². The maximum absolute atomic E-state index is 12.1. The number of aliphatic hydroxyl groups is 1. The summed E-state index contributed by atoms with van der Waals surface area (Å²) in [5.74, 6) is 0.386. The minimum Gasteiger partial charge on any atom is -0.444 e. The van der Waals surface area contributed by atoms with Gasteiger partial charge in [-0.2, -0.15) is 0 Å². The van der Waals surface area contributed by atoms with Crippen LogP contribution >= 0.6 is 0 Å². The predicted octanol–water partition coefficient (Wildman–Crippen LogP) is 6.21. The van der Waals surface area contributed by atoms with E-state index in [1.807, 2.05) is 58.9 Å². The van der Waals surface area contributed by atoms with E-state index in [4.69, 9.17) is 14.6 Å². The Labute approximate surface area is 261 Å². The van der Waals surface area contributed by atoms with E-state index in [-0.39, 0.29) is 12.2 Å². The van der Waals surface area contributed by atoms with Crippen molar-refractivity contribution in [3.63, 3.8) is 0 Å². The minimum atomic E-state index is -0.458. The number of amides is 2.